The average Bonchev–Trinajstić information content (AvgIpc) is 2.45. The highest BCUT2D eigenvalue weighted by Gasteiger charge is 2.12. The van der Waals surface area contributed by atoms with Crippen molar-refractivity contribution in [3.8, 4) is 11.8 Å². The summed E-state index contributed by atoms with van der Waals surface area (Å²) in [6.45, 7) is 2.57. The molecule has 20 heavy (non-hydrogen) atoms. The second-order valence-corrected chi connectivity index (χ2v) is 6.17. The Bertz CT molecular complexity index is 553. The molecule has 2 N–H and O–H groups in total. The lowest BCUT2D eigenvalue weighted by Crippen LogP contribution is -2.24. The third-order valence-corrected chi connectivity index (χ3v) is 4.18. The van der Waals surface area contributed by atoms with Gasteiger partial charge in [-0.3, -0.25) is 0 Å². The van der Waals surface area contributed by atoms with Gasteiger partial charge < -0.3 is 5.11 Å². The molecular formula is C15H21NO3S. The largest absolute Gasteiger partial charge is 0.395 e. The normalized spacial score (nSPS) is 10.9. The van der Waals surface area contributed by atoms with Crippen molar-refractivity contribution < 1.29 is 13.5 Å². The van der Waals surface area contributed by atoms with E-state index in [2.05, 4.69) is 23.5 Å². The highest BCUT2D eigenvalue weighted by Crippen LogP contribution is 2.10. The molecule has 1 rings (SSSR count). The van der Waals surface area contributed by atoms with Gasteiger partial charge in [-0.25, -0.2) is 13.1 Å². The summed E-state index contributed by atoms with van der Waals surface area (Å²) in [6, 6.07) is 6.44. The number of sulfonamides is 1. The predicted octanol–water partition coefficient (Wildman–Crippen LogP) is 1.89. The summed E-state index contributed by atoms with van der Waals surface area (Å²) in [5, 5.41) is 8.63. The molecule has 0 atom stereocenters. The van der Waals surface area contributed by atoms with E-state index in [1.165, 1.54) is 0 Å². The van der Waals surface area contributed by atoms with E-state index in [0.717, 1.165) is 24.8 Å². The van der Waals surface area contributed by atoms with Gasteiger partial charge in [0.25, 0.3) is 0 Å². The van der Waals surface area contributed by atoms with E-state index in [1.54, 1.807) is 24.3 Å². The molecule has 0 aliphatic heterocycles. The molecule has 0 unspecified atom stereocenters. The van der Waals surface area contributed by atoms with Crippen LogP contribution in [0.1, 0.15) is 38.2 Å². The van der Waals surface area contributed by atoms with Crippen molar-refractivity contribution in [2.45, 2.75) is 37.5 Å². The second kappa shape index (κ2) is 8.75. The smallest absolute Gasteiger partial charge is 0.240 e. The third kappa shape index (κ3) is 5.74. The highest BCUT2D eigenvalue weighted by atomic mass is 32.2. The molecule has 0 saturated carbocycles. The molecule has 1 aromatic carbocycles. The number of nitrogens with one attached hydrogen (secondary N) is 1. The predicted molar refractivity (Wildman–Crippen MR) is 79.7 cm³/mol. The van der Waals surface area contributed by atoms with Crippen LogP contribution in [0.25, 0.3) is 0 Å². The quantitative estimate of drug-likeness (QED) is 0.596. The van der Waals surface area contributed by atoms with Crippen molar-refractivity contribution in [3.05, 3.63) is 29.8 Å². The number of hydrogen-bond acceptors (Lipinski definition) is 3. The monoisotopic (exact) mass is 295 g/mol. The fraction of sp³-hybridized carbons (Fsp3) is 0.467. The van der Waals surface area contributed by atoms with Crippen molar-refractivity contribution in [1.82, 2.24) is 4.72 Å². The molecular weight excluding hydrogens is 274 g/mol. The van der Waals surface area contributed by atoms with Gasteiger partial charge in [-0.15, -0.1) is 0 Å². The van der Waals surface area contributed by atoms with Gasteiger partial charge in [0.15, 0.2) is 0 Å². The molecule has 5 heteroatoms. The van der Waals surface area contributed by atoms with E-state index >= 15 is 0 Å². The number of aliphatic hydroxyl groups is 1. The van der Waals surface area contributed by atoms with Crippen LogP contribution in [-0.2, 0) is 10.0 Å². The van der Waals surface area contributed by atoms with Crippen LogP contribution in [-0.4, -0.2) is 26.7 Å². The minimum Gasteiger partial charge on any atom is -0.395 e. The Hall–Kier alpha value is -1.35. The van der Waals surface area contributed by atoms with Crippen molar-refractivity contribution in [3.63, 3.8) is 0 Å². The zero-order valence-corrected chi connectivity index (χ0v) is 12.5. The van der Waals surface area contributed by atoms with Crippen LogP contribution >= 0.6 is 0 Å². The van der Waals surface area contributed by atoms with E-state index in [-0.39, 0.29) is 11.5 Å². The molecule has 0 radical (unpaired) electrons. The summed E-state index contributed by atoms with van der Waals surface area (Å²) < 4.78 is 26.6. The van der Waals surface area contributed by atoms with Crippen LogP contribution in [0.5, 0.6) is 0 Å². The van der Waals surface area contributed by atoms with E-state index < -0.39 is 10.0 Å². The molecule has 0 fully saturated rings. The Balaban J connectivity index is 2.65. The molecule has 0 bridgehead atoms. The van der Waals surface area contributed by atoms with Gasteiger partial charge in [0.2, 0.25) is 10.0 Å². The molecule has 110 valence electrons. The molecule has 0 amide bonds. The SMILES string of the molecule is CCCCCNS(=O)(=O)c1ccc(C#CCCO)cc1. The maximum atomic E-state index is 12.0. The third-order valence-electron chi connectivity index (χ3n) is 2.71. The first-order valence-corrected chi connectivity index (χ1v) is 8.28. The summed E-state index contributed by atoms with van der Waals surface area (Å²) in [5.41, 5.74) is 0.739. The molecule has 0 saturated heterocycles. The average molecular weight is 295 g/mol. The van der Waals surface area contributed by atoms with Gasteiger partial charge in [0, 0.05) is 18.5 Å². The van der Waals surface area contributed by atoms with Crippen molar-refractivity contribution >= 4 is 10.0 Å². The van der Waals surface area contributed by atoms with Crippen LogP contribution in [0.4, 0.5) is 0 Å². The number of benzene rings is 1. The lowest BCUT2D eigenvalue weighted by atomic mass is 10.2. The van der Waals surface area contributed by atoms with Gasteiger partial charge in [-0.05, 0) is 30.7 Å². The maximum Gasteiger partial charge on any atom is 0.240 e. The molecule has 4 nitrogen and oxygen atoms in total. The number of aliphatic hydroxyl groups excluding tert-OH is 1. The minimum absolute atomic E-state index is 0.0289. The summed E-state index contributed by atoms with van der Waals surface area (Å²) >= 11 is 0. The molecule has 1 aromatic rings. The van der Waals surface area contributed by atoms with Crippen molar-refractivity contribution in [1.29, 1.82) is 0 Å². The topological polar surface area (TPSA) is 66.4 Å². The molecule has 0 aromatic heterocycles. The van der Waals surface area contributed by atoms with E-state index in [1.807, 2.05) is 0 Å². The van der Waals surface area contributed by atoms with Crippen LogP contribution in [0.3, 0.4) is 0 Å². The van der Waals surface area contributed by atoms with Crippen LogP contribution in [0.2, 0.25) is 0 Å². The fourth-order valence-electron chi connectivity index (χ4n) is 1.60. The van der Waals surface area contributed by atoms with E-state index in [4.69, 9.17) is 5.11 Å². The standard InChI is InChI=1S/C15H21NO3S/c1-2-3-5-12-16-20(18,19)15-10-8-14(9-11-15)7-4-6-13-17/h8-11,16-17H,2-3,5-6,12-13H2,1H3. The second-order valence-electron chi connectivity index (χ2n) is 4.40. The van der Waals surface area contributed by atoms with Crippen LogP contribution in [0.15, 0.2) is 29.2 Å². The first-order valence-electron chi connectivity index (χ1n) is 6.79. The fourth-order valence-corrected chi connectivity index (χ4v) is 2.68. The molecule has 0 aliphatic carbocycles. The first kappa shape index (κ1) is 16.7. The van der Waals surface area contributed by atoms with Crippen LogP contribution in [0, 0.1) is 11.8 Å². The van der Waals surface area contributed by atoms with Gasteiger partial charge >= 0.3 is 0 Å². The Morgan fingerprint density at radius 2 is 1.90 bits per heavy atom. The molecule has 0 spiro atoms. The van der Waals surface area contributed by atoms with E-state index in [0.29, 0.717) is 13.0 Å². The lowest BCUT2D eigenvalue weighted by Gasteiger charge is -2.06. The summed E-state index contributed by atoms with van der Waals surface area (Å²) in [6.07, 6.45) is 3.34. The Labute approximate surface area is 121 Å². The number of hydrogen-bond donors (Lipinski definition) is 2. The summed E-state index contributed by atoms with van der Waals surface area (Å²) in [4.78, 5) is 0.252. The molecule has 0 heterocycles. The Morgan fingerprint density at radius 3 is 2.50 bits per heavy atom. The maximum absolute atomic E-state index is 12.0. The van der Waals surface area contributed by atoms with Crippen LogP contribution < -0.4 is 4.72 Å². The summed E-state index contributed by atoms with van der Waals surface area (Å²) in [7, 11) is -3.42. The van der Waals surface area contributed by atoms with Crippen molar-refractivity contribution in [2.24, 2.45) is 0 Å². The summed E-state index contributed by atoms with van der Waals surface area (Å²) in [5.74, 6) is 5.65. The zero-order chi connectivity index (χ0) is 14.8. The van der Waals surface area contributed by atoms with Gasteiger partial charge in [-0.1, -0.05) is 31.6 Å². The van der Waals surface area contributed by atoms with Gasteiger partial charge in [0.05, 0.1) is 11.5 Å². The lowest BCUT2D eigenvalue weighted by molar-refractivity contribution is 0.305. The van der Waals surface area contributed by atoms with Gasteiger partial charge in [-0.2, -0.15) is 0 Å². The number of unbranched alkanes of at least 4 members (excludes halogenated alkanes) is 2. The highest BCUT2D eigenvalue weighted by molar-refractivity contribution is 7.89. The minimum atomic E-state index is -3.42. The Kier molecular flexibility index (Phi) is 7.31. The Morgan fingerprint density at radius 1 is 1.20 bits per heavy atom. The van der Waals surface area contributed by atoms with E-state index in [9.17, 15) is 8.42 Å². The zero-order valence-electron chi connectivity index (χ0n) is 11.7. The van der Waals surface area contributed by atoms with Crippen molar-refractivity contribution in [2.75, 3.05) is 13.2 Å². The number of rotatable bonds is 7. The first-order chi connectivity index (χ1) is 9.60. The molecule has 0 aliphatic rings. The van der Waals surface area contributed by atoms with Gasteiger partial charge in [0.1, 0.15) is 0 Å².